The van der Waals surface area contributed by atoms with Gasteiger partial charge >= 0.3 is 6.09 Å². The van der Waals surface area contributed by atoms with Crippen LogP contribution in [0.15, 0.2) is 18.2 Å². The summed E-state index contributed by atoms with van der Waals surface area (Å²) in [6.07, 6.45) is 0.424. The molecule has 7 nitrogen and oxygen atoms in total. The molecule has 1 rings (SSSR count). The standard InChI is InChI=1S/C12H17ClN2O5S/c1-19-11-5-4-9(13)8-10(11)15(21(3,17)18)7-6-14-12(16)20-2/h4-5,8H,6-7H2,1-3H3,(H,14,16). The van der Waals surface area contributed by atoms with Crippen molar-refractivity contribution in [1.29, 1.82) is 0 Å². The first kappa shape index (κ1) is 17.4. The zero-order valence-corrected chi connectivity index (χ0v) is 13.5. The lowest BCUT2D eigenvalue weighted by molar-refractivity contribution is 0.171. The Balaban J connectivity index is 3.04. The highest BCUT2D eigenvalue weighted by Crippen LogP contribution is 2.32. The molecule has 1 aromatic carbocycles. The molecule has 0 saturated carbocycles. The first-order valence-electron chi connectivity index (χ1n) is 5.92. The smallest absolute Gasteiger partial charge is 0.406 e. The van der Waals surface area contributed by atoms with Crippen LogP contribution in [0.25, 0.3) is 0 Å². The van der Waals surface area contributed by atoms with Crippen LogP contribution in [-0.2, 0) is 14.8 Å². The maximum atomic E-state index is 11.9. The molecule has 9 heteroatoms. The fraction of sp³-hybridized carbons (Fsp3) is 0.417. The van der Waals surface area contributed by atoms with E-state index in [1.807, 2.05) is 0 Å². The predicted octanol–water partition coefficient (Wildman–Crippen LogP) is 1.47. The number of nitrogens with one attached hydrogen (secondary N) is 1. The second-order valence-electron chi connectivity index (χ2n) is 4.07. The van der Waals surface area contributed by atoms with Gasteiger partial charge in [-0.15, -0.1) is 0 Å². The first-order valence-corrected chi connectivity index (χ1v) is 8.15. The third-order valence-electron chi connectivity index (χ3n) is 2.58. The number of ether oxygens (including phenoxy) is 2. The molecule has 118 valence electrons. The van der Waals surface area contributed by atoms with E-state index in [0.29, 0.717) is 16.5 Å². The summed E-state index contributed by atoms with van der Waals surface area (Å²) >= 11 is 5.91. The van der Waals surface area contributed by atoms with Crippen molar-refractivity contribution in [2.75, 3.05) is 37.9 Å². The second-order valence-corrected chi connectivity index (χ2v) is 6.41. The van der Waals surface area contributed by atoms with E-state index in [2.05, 4.69) is 10.1 Å². The highest BCUT2D eigenvalue weighted by Gasteiger charge is 2.21. The predicted molar refractivity (Wildman–Crippen MR) is 80.6 cm³/mol. The molecule has 1 N–H and O–H groups in total. The molecule has 0 aliphatic carbocycles. The Hall–Kier alpha value is -1.67. The van der Waals surface area contributed by atoms with E-state index in [-0.39, 0.29) is 13.1 Å². The van der Waals surface area contributed by atoms with Crippen molar-refractivity contribution in [2.45, 2.75) is 0 Å². The fourth-order valence-corrected chi connectivity index (χ4v) is 2.74. The van der Waals surface area contributed by atoms with Crippen LogP contribution in [0, 0.1) is 0 Å². The topological polar surface area (TPSA) is 84.9 Å². The molecule has 0 bridgehead atoms. The maximum Gasteiger partial charge on any atom is 0.406 e. The fourth-order valence-electron chi connectivity index (χ4n) is 1.65. The number of carbonyl (C=O) groups is 1. The van der Waals surface area contributed by atoms with Crippen LogP contribution in [-0.4, -0.2) is 48.1 Å². The van der Waals surface area contributed by atoms with E-state index in [0.717, 1.165) is 10.6 Å². The minimum Gasteiger partial charge on any atom is -0.495 e. The van der Waals surface area contributed by atoms with Crippen molar-refractivity contribution < 1.29 is 22.7 Å². The molecule has 0 heterocycles. The molecule has 1 aromatic rings. The second kappa shape index (κ2) is 7.37. The van der Waals surface area contributed by atoms with Gasteiger partial charge in [0.2, 0.25) is 10.0 Å². The van der Waals surface area contributed by atoms with E-state index in [1.54, 1.807) is 12.1 Å². The van der Waals surface area contributed by atoms with E-state index in [9.17, 15) is 13.2 Å². The molecule has 0 fully saturated rings. The number of nitrogens with zero attached hydrogens (tertiary/aromatic N) is 1. The van der Waals surface area contributed by atoms with Gasteiger partial charge in [0, 0.05) is 11.6 Å². The molecule has 0 aliphatic heterocycles. The summed E-state index contributed by atoms with van der Waals surface area (Å²) in [5, 5.41) is 2.79. The number of methoxy groups -OCH3 is 2. The number of anilines is 1. The Labute approximate surface area is 128 Å². The Morgan fingerprint density at radius 1 is 1.38 bits per heavy atom. The summed E-state index contributed by atoms with van der Waals surface area (Å²) in [6, 6.07) is 4.65. The molecular formula is C12H17ClN2O5S. The zero-order chi connectivity index (χ0) is 16.0. The molecule has 0 radical (unpaired) electrons. The van der Waals surface area contributed by atoms with Gasteiger partial charge in [-0.3, -0.25) is 4.31 Å². The lowest BCUT2D eigenvalue weighted by atomic mass is 10.3. The van der Waals surface area contributed by atoms with E-state index >= 15 is 0 Å². The molecule has 21 heavy (non-hydrogen) atoms. The van der Waals surface area contributed by atoms with Crippen molar-refractivity contribution in [2.24, 2.45) is 0 Å². The van der Waals surface area contributed by atoms with Crippen LogP contribution in [0.2, 0.25) is 5.02 Å². The van der Waals surface area contributed by atoms with Gasteiger partial charge in [0.15, 0.2) is 0 Å². The first-order chi connectivity index (χ1) is 9.79. The van der Waals surface area contributed by atoms with Crippen molar-refractivity contribution in [3.05, 3.63) is 23.2 Å². The molecule has 0 atom stereocenters. The highest BCUT2D eigenvalue weighted by molar-refractivity contribution is 7.92. The number of hydrogen-bond donors (Lipinski definition) is 1. The number of benzene rings is 1. The van der Waals surface area contributed by atoms with Crippen LogP contribution >= 0.6 is 11.6 Å². The van der Waals surface area contributed by atoms with Gasteiger partial charge in [-0.05, 0) is 18.2 Å². The van der Waals surface area contributed by atoms with Crippen molar-refractivity contribution >= 4 is 33.4 Å². The van der Waals surface area contributed by atoms with Crippen LogP contribution in [0.4, 0.5) is 10.5 Å². The molecule has 0 unspecified atom stereocenters. The number of amides is 1. The Morgan fingerprint density at radius 2 is 2.05 bits per heavy atom. The van der Waals surface area contributed by atoms with Crippen LogP contribution in [0.3, 0.4) is 0 Å². The molecule has 0 aliphatic rings. The summed E-state index contributed by atoms with van der Waals surface area (Å²) in [7, 11) is -0.913. The zero-order valence-electron chi connectivity index (χ0n) is 11.9. The average molecular weight is 337 g/mol. The third kappa shape index (κ3) is 4.98. The van der Waals surface area contributed by atoms with Crippen LogP contribution in [0.1, 0.15) is 0 Å². The van der Waals surface area contributed by atoms with Crippen LogP contribution < -0.4 is 14.4 Å². The molecule has 0 saturated heterocycles. The minimum absolute atomic E-state index is 0.0185. The Bertz CT molecular complexity index is 606. The van der Waals surface area contributed by atoms with Crippen molar-refractivity contribution in [3.8, 4) is 5.75 Å². The molecule has 0 spiro atoms. The lowest BCUT2D eigenvalue weighted by Gasteiger charge is -2.24. The summed E-state index contributed by atoms with van der Waals surface area (Å²) in [6.45, 7) is 0.0973. The van der Waals surface area contributed by atoms with Gasteiger partial charge in [0.1, 0.15) is 5.75 Å². The summed E-state index contributed by atoms with van der Waals surface area (Å²) in [4.78, 5) is 11.0. The van der Waals surface area contributed by atoms with E-state index < -0.39 is 16.1 Å². The number of alkyl carbamates (subject to hydrolysis) is 1. The van der Waals surface area contributed by atoms with Gasteiger partial charge in [0.25, 0.3) is 0 Å². The number of carbonyl (C=O) groups excluding carboxylic acids is 1. The SMILES string of the molecule is COC(=O)NCCN(c1cc(Cl)ccc1OC)S(C)(=O)=O. The monoisotopic (exact) mass is 336 g/mol. The normalized spacial score (nSPS) is 10.9. The summed E-state index contributed by atoms with van der Waals surface area (Å²) in [5.74, 6) is 0.364. The number of sulfonamides is 1. The quantitative estimate of drug-likeness (QED) is 0.850. The van der Waals surface area contributed by atoms with Gasteiger partial charge in [-0.1, -0.05) is 11.6 Å². The van der Waals surface area contributed by atoms with Gasteiger partial charge in [0.05, 0.1) is 32.7 Å². The number of hydrogen-bond acceptors (Lipinski definition) is 5. The third-order valence-corrected chi connectivity index (χ3v) is 3.99. The summed E-state index contributed by atoms with van der Waals surface area (Å²) < 4.78 is 34.6. The molecular weight excluding hydrogens is 320 g/mol. The number of rotatable bonds is 6. The highest BCUT2D eigenvalue weighted by atomic mass is 35.5. The summed E-state index contributed by atoms with van der Waals surface area (Å²) in [5.41, 5.74) is 0.305. The van der Waals surface area contributed by atoms with Crippen molar-refractivity contribution in [1.82, 2.24) is 5.32 Å². The maximum absolute atomic E-state index is 11.9. The average Bonchev–Trinajstić information content (AvgIpc) is 2.41. The lowest BCUT2D eigenvalue weighted by Crippen LogP contribution is -2.38. The van der Waals surface area contributed by atoms with Crippen LogP contribution in [0.5, 0.6) is 5.75 Å². The number of halogens is 1. The van der Waals surface area contributed by atoms with E-state index in [4.69, 9.17) is 16.3 Å². The Kier molecular flexibility index (Phi) is 6.10. The Morgan fingerprint density at radius 3 is 2.57 bits per heavy atom. The largest absolute Gasteiger partial charge is 0.495 e. The molecule has 0 aromatic heterocycles. The minimum atomic E-state index is -3.57. The van der Waals surface area contributed by atoms with Gasteiger partial charge in [-0.2, -0.15) is 0 Å². The van der Waals surface area contributed by atoms with Gasteiger partial charge < -0.3 is 14.8 Å². The van der Waals surface area contributed by atoms with E-state index in [1.165, 1.54) is 20.3 Å². The van der Waals surface area contributed by atoms with Crippen molar-refractivity contribution in [3.63, 3.8) is 0 Å². The van der Waals surface area contributed by atoms with Gasteiger partial charge in [-0.25, -0.2) is 13.2 Å². The molecule has 1 amide bonds.